The second kappa shape index (κ2) is 7.43. The van der Waals surface area contributed by atoms with E-state index in [1.807, 2.05) is 42.5 Å². The molecule has 8 heteroatoms. The van der Waals surface area contributed by atoms with E-state index in [4.69, 9.17) is 14.2 Å². The largest absolute Gasteiger partial charge is 0.497 e. The summed E-state index contributed by atoms with van der Waals surface area (Å²) in [4.78, 5) is 8.99. The maximum Gasteiger partial charge on any atom is 0.229 e. The van der Waals surface area contributed by atoms with Gasteiger partial charge in [-0.25, -0.2) is 9.67 Å². The predicted octanol–water partition coefficient (Wildman–Crippen LogP) is 3.58. The van der Waals surface area contributed by atoms with Gasteiger partial charge in [0.2, 0.25) is 5.95 Å². The molecule has 0 amide bonds. The SMILES string of the molecule is COc1ccc(-n2ncc3cnc(Nc4ccc(OC)c(OC)c4)nc32)cc1. The fourth-order valence-electron chi connectivity index (χ4n) is 2.83. The normalized spacial score (nSPS) is 10.7. The van der Waals surface area contributed by atoms with Crippen LogP contribution in [0.25, 0.3) is 16.7 Å². The first-order valence-corrected chi connectivity index (χ1v) is 8.56. The highest BCUT2D eigenvalue weighted by Crippen LogP contribution is 2.30. The number of hydrogen-bond donors (Lipinski definition) is 1. The van der Waals surface area contributed by atoms with Gasteiger partial charge in [-0.05, 0) is 36.4 Å². The molecular weight excluding hydrogens is 358 g/mol. The van der Waals surface area contributed by atoms with Gasteiger partial charge in [0.25, 0.3) is 0 Å². The van der Waals surface area contributed by atoms with Crippen molar-refractivity contribution in [1.82, 2.24) is 19.7 Å². The van der Waals surface area contributed by atoms with Gasteiger partial charge in [-0.15, -0.1) is 0 Å². The lowest BCUT2D eigenvalue weighted by molar-refractivity contribution is 0.355. The average Bonchev–Trinajstić information content (AvgIpc) is 3.17. The average molecular weight is 377 g/mol. The van der Waals surface area contributed by atoms with Crippen LogP contribution in [0.1, 0.15) is 0 Å². The standard InChI is InChI=1S/C20H19N5O3/c1-26-16-7-5-15(6-8-16)25-19-13(12-22-25)11-21-20(24-19)23-14-4-9-17(27-2)18(10-14)28-3/h4-12H,1-3H3,(H,21,23,24). The molecule has 0 radical (unpaired) electrons. The lowest BCUT2D eigenvalue weighted by Gasteiger charge is -2.10. The maximum atomic E-state index is 5.34. The summed E-state index contributed by atoms with van der Waals surface area (Å²) in [6.45, 7) is 0. The van der Waals surface area contributed by atoms with E-state index in [0.29, 0.717) is 23.1 Å². The van der Waals surface area contributed by atoms with Gasteiger partial charge in [0.05, 0.1) is 38.6 Å². The van der Waals surface area contributed by atoms with Crippen molar-refractivity contribution in [2.24, 2.45) is 0 Å². The van der Waals surface area contributed by atoms with Gasteiger partial charge in [-0.2, -0.15) is 10.1 Å². The van der Waals surface area contributed by atoms with Crippen LogP contribution in [0, 0.1) is 0 Å². The van der Waals surface area contributed by atoms with Crippen molar-refractivity contribution in [2.75, 3.05) is 26.6 Å². The lowest BCUT2D eigenvalue weighted by atomic mass is 10.3. The minimum atomic E-state index is 0.454. The molecule has 2 heterocycles. The number of aromatic nitrogens is 4. The Hall–Kier alpha value is -3.81. The quantitative estimate of drug-likeness (QED) is 0.550. The fourth-order valence-corrected chi connectivity index (χ4v) is 2.83. The highest BCUT2D eigenvalue weighted by atomic mass is 16.5. The number of fused-ring (bicyclic) bond motifs is 1. The van der Waals surface area contributed by atoms with Gasteiger partial charge in [-0.3, -0.25) is 0 Å². The summed E-state index contributed by atoms with van der Waals surface area (Å²) in [5, 5.41) is 8.46. The molecule has 0 atom stereocenters. The Labute approximate surface area is 161 Å². The predicted molar refractivity (Wildman–Crippen MR) is 106 cm³/mol. The third-order valence-electron chi connectivity index (χ3n) is 4.27. The second-order valence-electron chi connectivity index (χ2n) is 5.92. The third kappa shape index (κ3) is 3.27. The number of anilines is 2. The fraction of sp³-hybridized carbons (Fsp3) is 0.150. The molecule has 0 saturated carbocycles. The zero-order valence-corrected chi connectivity index (χ0v) is 15.7. The highest BCUT2D eigenvalue weighted by molar-refractivity contribution is 5.77. The Kier molecular flexibility index (Phi) is 4.67. The summed E-state index contributed by atoms with van der Waals surface area (Å²) in [5.41, 5.74) is 2.36. The van der Waals surface area contributed by atoms with E-state index in [9.17, 15) is 0 Å². The van der Waals surface area contributed by atoms with Crippen LogP contribution in [0.5, 0.6) is 17.2 Å². The molecule has 0 fully saturated rings. The molecule has 4 rings (SSSR count). The molecular formula is C20H19N5O3. The maximum absolute atomic E-state index is 5.34. The molecule has 2 aromatic heterocycles. The van der Waals surface area contributed by atoms with E-state index in [2.05, 4.69) is 20.4 Å². The number of ether oxygens (including phenoxy) is 3. The third-order valence-corrected chi connectivity index (χ3v) is 4.27. The van der Waals surface area contributed by atoms with E-state index < -0.39 is 0 Å². The molecule has 0 spiro atoms. The molecule has 28 heavy (non-hydrogen) atoms. The van der Waals surface area contributed by atoms with E-state index >= 15 is 0 Å². The number of methoxy groups -OCH3 is 3. The van der Waals surface area contributed by atoms with Crippen LogP contribution in [-0.4, -0.2) is 41.1 Å². The molecule has 0 aliphatic carbocycles. The molecule has 0 bridgehead atoms. The summed E-state index contributed by atoms with van der Waals surface area (Å²) in [6.07, 6.45) is 3.47. The van der Waals surface area contributed by atoms with Gasteiger partial charge < -0.3 is 19.5 Å². The summed E-state index contributed by atoms with van der Waals surface area (Å²) in [6, 6.07) is 13.1. The molecule has 0 aliphatic rings. The summed E-state index contributed by atoms with van der Waals surface area (Å²) < 4.78 is 17.6. The number of rotatable bonds is 6. The second-order valence-corrected chi connectivity index (χ2v) is 5.92. The van der Waals surface area contributed by atoms with Gasteiger partial charge in [0, 0.05) is 18.0 Å². The van der Waals surface area contributed by atoms with Crippen molar-refractivity contribution in [3.05, 3.63) is 54.9 Å². The molecule has 142 valence electrons. The number of benzene rings is 2. The van der Waals surface area contributed by atoms with Crippen molar-refractivity contribution in [2.45, 2.75) is 0 Å². The van der Waals surface area contributed by atoms with E-state index in [0.717, 1.165) is 22.5 Å². The molecule has 0 saturated heterocycles. The van der Waals surface area contributed by atoms with Crippen LogP contribution >= 0.6 is 0 Å². The molecule has 2 aromatic carbocycles. The molecule has 0 unspecified atom stereocenters. The lowest BCUT2D eigenvalue weighted by Crippen LogP contribution is -2.01. The van der Waals surface area contributed by atoms with Crippen LogP contribution in [0.2, 0.25) is 0 Å². The van der Waals surface area contributed by atoms with Crippen LogP contribution in [0.3, 0.4) is 0 Å². The van der Waals surface area contributed by atoms with Gasteiger partial charge in [0.1, 0.15) is 5.75 Å². The Morgan fingerprint density at radius 1 is 0.857 bits per heavy atom. The molecule has 8 nitrogen and oxygen atoms in total. The zero-order valence-electron chi connectivity index (χ0n) is 15.7. The van der Waals surface area contributed by atoms with Crippen LogP contribution in [0.15, 0.2) is 54.9 Å². The number of nitrogens with one attached hydrogen (secondary N) is 1. The van der Waals surface area contributed by atoms with Gasteiger partial charge in [-0.1, -0.05) is 0 Å². The van der Waals surface area contributed by atoms with Crippen molar-refractivity contribution >= 4 is 22.7 Å². The van der Waals surface area contributed by atoms with E-state index in [1.54, 1.807) is 38.4 Å². The smallest absolute Gasteiger partial charge is 0.229 e. The Morgan fingerprint density at radius 3 is 2.36 bits per heavy atom. The van der Waals surface area contributed by atoms with Crippen molar-refractivity contribution in [3.8, 4) is 22.9 Å². The Bertz CT molecular complexity index is 1110. The van der Waals surface area contributed by atoms with Crippen molar-refractivity contribution in [1.29, 1.82) is 0 Å². The van der Waals surface area contributed by atoms with Crippen molar-refractivity contribution < 1.29 is 14.2 Å². The first-order chi connectivity index (χ1) is 13.7. The van der Waals surface area contributed by atoms with Crippen LogP contribution in [-0.2, 0) is 0 Å². The highest BCUT2D eigenvalue weighted by Gasteiger charge is 2.10. The monoisotopic (exact) mass is 377 g/mol. The van der Waals surface area contributed by atoms with E-state index in [-0.39, 0.29) is 0 Å². The van der Waals surface area contributed by atoms with Gasteiger partial charge in [0.15, 0.2) is 17.1 Å². The topological polar surface area (TPSA) is 83.3 Å². The molecule has 4 aromatic rings. The molecule has 0 aliphatic heterocycles. The minimum Gasteiger partial charge on any atom is -0.497 e. The molecule has 1 N–H and O–H groups in total. The van der Waals surface area contributed by atoms with Crippen LogP contribution < -0.4 is 19.5 Å². The Morgan fingerprint density at radius 2 is 1.64 bits per heavy atom. The summed E-state index contributed by atoms with van der Waals surface area (Å²) in [7, 11) is 4.83. The van der Waals surface area contributed by atoms with Crippen LogP contribution in [0.4, 0.5) is 11.6 Å². The van der Waals surface area contributed by atoms with E-state index in [1.165, 1.54) is 0 Å². The zero-order chi connectivity index (χ0) is 19.5. The van der Waals surface area contributed by atoms with Gasteiger partial charge >= 0.3 is 0 Å². The minimum absolute atomic E-state index is 0.454. The number of nitrogens with zero attached hydrogens (tertiary/aromatic N) is 4. The Balaban J connectivity index is 1.67. The first kappa shape index (κ1) is 17.6. The van der Waals surface area contributed by atoms with Crippen molar-refractivity contribution in [3.63, 3.8) is 0 Å². The number of hydrogen-bond acceptors (Lipinski definition) is 7. The summed E-state index contributed by atoms with van der Waals surface area (Å²) >= 11 is 0. The summed E-state index contributed by atoms with van der Waals surface area (Å²) in [5.74, 6) is 2.51. The first-order valence-electron chi connectivity index (χ1n) is 8.56.